The van der Waals surface area contributed by atoms with Gasteiger partial charge in [-0.05, 0) is 67.6 Å². The minimum Gasteiger partial charge on any atom is -0.497 e. The van der Waals surface area contributed by atoms with E-state index in [-0.39, 0.29) is 28.4 Å². The number of carbonyl (C=O) groups is 6. The Morgan fingerprint density at radius 2 is 1.35 bits per heavy atom. The van der Waals surface area contributed by atoms with Crippen LogP contribution in [0.5, 0.6) is 5.75 Å². The fourth-order valence-electron chi connectivity index (χ4n) is 5.77. The summed E-state index contributed by atoms with van der Waals surface area (Å²) >= 11 is 5.88. The van der Waals surface area contributed by atoms with E-state index in [0.717, 1.165) is 28.4 Å². The number of hydrogen-bond acceptors (Lipinski definition) is 7. The molecule has 0 aliphatic rings. The highest BCUT2D eigenvalue weighted by atomic mass is 35.5. The molecule has 3 aromatic carbocycles. The predicted octanol–water partition coefficient (Wildman–Crippen LogP) is 6.33. The van der Waals surface area contributed by atoms with Gasteiger partial charge >= 0.3 is 24.1 Å². The maximum Gasteiger partial charge on any atom is 0.408 e. The summed E-state index contributed by atoms with van der Waals surface area (Å²) in [6, 6.07) is 9.10. The first-order valence-corrected chi connectivity index (χ1v) is 19.0. The molecular weight excluding hydrogens is 859 g/mol. The Kier molecular flexibility index (Phi) is 16.5. The number of benzene rings is 3. The van der Waals surface area contributed by atoms with Gasteiger partial charge in [-0.2, -0.15) is 30.7 Å². The van der Waals surface area contributed by atoms with Gasteiger partial charge in [0.25, 0.3) is 11.8 Å². The monoisotopic (exact) mass is 903 g/mol. The summed E-state index contributed by atoms with van der Waals surface area (Å²) < 4.78 is 104. The Labute approximate surface area is 356 Å². The summed E-state index contributed by atoms with van der Waals surface area (Å²) in [6.45, 7) is 5.13. The van der Waals surface area contributed by atoms with E-state index in [1.807, 2.05) is 10.6 Å². The standard InChI is InChI=1S/C41H45ClF7N5O8/c1-22(2)30(32(55)41(48,49)35(58)50-21-39(43,44)45)52-34(57)31(25-14-16-28(62-6)17-15-25)53-33(56)29(51-36(59)40(46,47)26-8-7-9-27(42)19-26)18-23-10-12-24(13-11-23)20-54(37(60)61)38(3,4)5/h7-17,19,22,29-31H,18,20-21H2,1-6H3,(H,50,58)(H,51,59)(H,52,57)(H,53,56)(H,60,61)/t29-,30-,31-/m0/s1. The second-order valence-corrected chi connectivity index (χ2v) is 15.8. The first kappa shape index (κ1) is 50.4. The molecule has 338 valence electrons. The summed E-state index contributed by atoms with van der Waals surface area (Å²) in [6.07, 6.45) is -6.83. The van der Waals surface area contributed by atoms with Crippen LogP contribution in [0.1, 0.15) is 62.9 Å². The Hall–Kier alpha value is -5.92. The molecule has 0 fully saturated rings. The molecule has 5 N–H and O–H groups in total. The summed E-state index contributed by atoms with van der Waals surface area (Å²) in [5, 5.41) is 16.8. The average Bonchev–Trinajstić information content (AvgIpc) is 3.18. The molecule has 0 saturated carbocycles. The zero-order valence-corrected chi connectivity index (χ0v) is 34.9. The molecule has 0 radical (unpaired) electrons. The summed E-state index contributed by atoms with van der Waals surface area (Å²) in [5.74, 6) is -19.8. The third-order valence-corrected chi connectivity index (χ3v) is 9.46. The van der Waals surface area contributed by atoms with E-state index in [2.05, 4.69) is 5.32 Å². The Morgan fingerprint density at radius 1 is 0.774 bits per heavy atom. The maximum absolute atomic E-state index is 15.6. The molecule has 62 heavy (non-hydrogen) atoms. The van der Waals surface area contributed by atoms with E-state index >= 15 is 17.6 Å². The number of Topliss-reactive ketones (excluding diaryl/α,β-unsaturated/α-hetero) is 1. The highest BCUT2D eigenvalue weighted by Gasteiger charge is 2.52. The van der Waals surface area contributed by atoms with Gasteiger partial charge in [0.1, 0.15) is 24.4 Å². The molecule has 0 aliphatic heterocycles. The van der Waals surface area contributed by atoms with Crippen molar-refractivity contribution in [1.29, 1.82) is 0 Å². The van der Waals surface area contributed by atoms with Crippen molar-refractivity contribution in [1.82, 2.24) is 26.2 Å². The Morgan fingerprint density at radius 3 is 1.85 bits per heavy atom. The highest BCUT2D eigenvalue weighted by Crippen LogP contribution is 2.31. The molecule has 3 rings (SSSR count). The molecule has 0 saturated heterocycles. The molecular formula is C41H45ClF7N5O8. The van der Waals surface area contributed by atoms with Crippen LogP contribution in [0.15, 0.2) is 72.8 Å². The van der Waals surface area contributed by atoms with Crippen LogP contribution in [0.25, 0.3) is 0 Å². The zero-order chi connectivity index (χ0) is 47.0. The van der Waals surface area contributed by atoms with Crippen LogP contribution in [0, 0.1) is 5.92 Å². The fraction of sp³-hybridized carbons (Fsp3) is 0.415. The van der Waals surface area contributed by atoms with E-state index in [9.17, 15) is 47.0 Å². The number of alkyl halides is 7. The van der Waals surface area contributed by atoms with Gasteiger partial charge in [0, 0.05) is 29.1 Å². The van der Waals surface area contributed by atoms with Crippen molar-refractivity contribution in [2.45, 2.75) is 89.3 Å². The van der Waals surface area contributed by atoms with Crippen LogP contribution < -0.4 is 26.0 Å². The number of ether oxygens (including phenoxy) is 1. The number of amides is 5. The quantitative estimate of drug-likeness (QED) is 0.0726. The van der Waals surface area contributed by atoms with Crippen LogP contribution in [0.3, 0.4) is 0 Å². The molecule has 3 aromatic rings. The molecule has 21 heteroatoms. The van der Waals surface area contributed by atoms with Gasteiger partial charge in [0.2, 0.25) is 17.6 Å². The molecule has 0 bridgehead atoms. The Balaban J connectivity index is 2.05. The van der Waals surface area contributed by atoms with Crippen molar-refractivity contribution in [3.05, 3.63) is 100 Å². The molecule has 0 aromatic heterocycles. The SMILES string of the molecule is COc1ccc([C@H](NC(=O)[C@H](Cc2ccc(CN(C(=O)O)C(C)(C)C)cc2)NC(=O)C(F)(F)c2cccc(Cl)c2)C(=O)N[C@H](C(=O)C(F)(F)C(=O)NCC(F)(F)F)C(C)C)cc1. The normalized spacial score (nSPS) is 13.6. The van der Waals surface area contributed by atoms with E-state index in [0.29, 0.717) is 5.56 Å². The van der Waals surface area contributed by atoms with Crippen LogP contribution in [0.2, 0.25) is 5.02 Å². The van der Waals surface area contributed by atoms with Crippen molar-refractivity contribution in [3.63, 3.8) is 0 Å². The molecule has 0 spiro atoms. The topological polar surface area (TPSA) is 183 Å². The number of nitrogens with zero attached hydrogens (tertiary/aromatic N) is 1. The van der Waals surface area contributed by atoms with Crippen LogP contribution in [-0.4, -0.2) is 88.9 Å². The van der Waals surface area contributed by atoms with Gasteiger partial charge in [0.05, 0.1) is 13.2 Å². The minimum atomic E-state index is -5.10. The van der Waals surface area contributed by atoms with Crippen molar-refractivity contribution in [3.8, 4) is 5.75 Å². The summed E-state index contributed by atoms with van der Waals surface area (Å²) in [7, 11) is 1.30. The average molecular weight is 904 g/mol. The highest BCUT2D eigenvalue weighted by molar-refractivity contribution is 6.30. The number of hydrogen-bond donors (Lipinski definition) is 5. The minimum absolute atomic E-state index is 0.0612. The number of carbonyl (C=O) groups excluding carboxylic acids is 5. The molecule has 5 amide bonds. The molecule has 0 aliphatic carbocycles. The van der Waals surface area contributed by atoms with Gasteiger partial charge in [-0.15, -0.1) is 0 Å². The second kappa shape index (κ2) is 20.3. The number of nitrogens with one attached hydrogen (secondary N) is 4. The van der Waals surface area contributed by atoms with Gasteiger partial charge < -0.3 is 31.1 Å². The molecule has 0 heterocycles. The lowest BCUT2D eigenvalue weighted by molar-refractivity contribution is -0.165. The smallest absolute Gasteiger partial charge is 0.408 e. The first-order valence-electron chi connectivity index (χ1n) is 18.6. The van der Waals surface area contributed by atoms with Gasteiger partial charge in [-0.3, -0.25) is 28.9 Å². The van der Waals surface area contributed by atoms with Gasteiger partial charge in [0.15, 0.2) is 0 Å². The van der Waals surface area contributed by atoms with E-state index in [1.165, 1.54) is 75.6 Å². The summed E-state index contributed by atoms with van der Waals surface area (Å²) in [5.41, 5.74) is -0.983. The van der Waals surface area contributed by atoms with Crippen molar-refractivity contribution in [2.24, 2.45) is 5.92 Å². The zero-order valence-electron chi connectivity index (χ0n) is 34.1. The lowest BCUT2D eigenvalue weighted by Gasteiger charge is -2.33. The van der Waals surface area contributed by atoms with Gasteiger partial charge in [-0.25, -0.2) is 4.79 Å². The van der Waals surface area contributed by atoms with Crippen molar-refractivity contribution >= 4 is 47.1 Å². The molecule has 0 unspecified atom stereocenters. The number of ketones is 1. The largest absolute Gasteiger partial charge is 0.497 e. The van der Waals surface area contributed by atoms with Gasteiger partial charge in [-0.1, -0.05) is 74.0 Å². The fourth-order valence-corrected chi connectivity index (χ4v) is 5.96. The maximum atomic E-state index is 15.6. The first-order chi connectivity index (χ1) is 28.6. The van der Waals surface area contributed by atoms with Crippen molar-refractivity contribution < 1.29 is 69.3 Å². The van der Waals surface area contributed by atoms with E-state index in [4.69, 9.17) is 16.3 Å². The number of carboxylic acid groups (broad SMARTS) is 1. The predicted molar refractivity (Wildman–Crippen MR) is 210 cm³/mol. The van der Waals surface area contributed by atoms with Crippen LogP contribution in [-0.2, 0) is 42.9 Å². The molecule has 3 atom stereocenters. The van der Waals surface area contributed by atoms with E-state index < -0.39 is 102 Å². The number of halogens is 8. The number of methoxy groups -OCH3 is 1. The Bertz CT molecular complexity index is 2100. The van der Waals surface area contributed by atoms with E-state index in [1.54, 1.807) is 20.8 Å². The van der Waals surface area contributed by atoms with Crippen molar-refractivity contribution in [2.75, 3.05) is 13.7 Å². The third kappa shape index (κ3) is 13.5. The summed E-state index contributed by atoms with van der Waals surface area (Å²) in [4.78, 5) is 79.6. The second-order valence-electron chi connectivity index (χ2n) is 15.4. The van der Waals surface area contributed by atoms with Crippen LogP contribution in [0.4, 0.5) is 35.5 Å². The molecule has 13 nitrogen and oxygen atoms in total. The lowest BCUT2D eigenvalue weighted by Crippen LogP contribution is -2.59. The lowest BCUT2D eigenvalue weighted by atomic mass is 9.94. The third-order valence-electron chi connectivity index (χ3n) is 9.23. The number of rotatable bonds is 18. The van der Waals surface area contributed by atoms with Crippen LogP contribution >= 0.6 is 11.6 Å².